The molecule has 0 saturated heterocycles. The lowest BCUT2D eigenvalue weighted by atomic mass is 10.1. The molecule has 2 rings (SSSR count). The maximum atomic E-state index is 12.0. The summed E-state index contributed by atoms with van der Waals surface area (Å²) in [6, 6.07) is 7.16. The van der Waals surface area contributed by atoms with Gasteiger partial charge < -0.3 is 10.1 Å². The molecule has 16 heavy (non-hydrogen) atoms. The maximum absolute atomic E-state index is 12.0. The van der Waals surface area contributed by atoms with Gasteiger partial charge in [-0.2, -0.15) is 0 Å². The predicted molar refractivity (Wildman–Crippen MR) is 65.8 cm³/mol. The minimum absolute atomic E-state index is 0.0597. The Bertz CT molecular complexity index is 581. The molecule has 0 aliphatic rings. The van der Waals surface area contributed by atoms with Crippen LogP contribution >= 0.6 is 23.6 Å². The number of benzene rings is 1. The molecule has 3 nitrogen and oxygen atoms in total. The second kappa shape index (κ2) is 4.19. The third-order valence-corrected chi connectivity index (χ3v) is 3.21. The highest BCUT2D eigenvalue weighted by Gasteiger charge is 2.15. The van der Waals surface area contributed by atoms with Crippen molar-refractivity contribution in [2.24, 2.45) is 0 Å². The molecule has 0 unspecified atom stereocenters. The van der Waals surface area contributed by atoms with E-state index in [1.807, 2.05) is 19.1 Å². The Morgan fingerprint density at radius 3 is 2.50 bits per heavy atom. The monoisotopic (exact) mass is 251 g/mol. The molecule has 2 aromatic rings. The van der Waals surface area contributed by atoms with Crippen molar-refractivity contribution in [3.8, 4) is 5.06 Å². The smallest absolute Gasteiger partial charge is 0.213 e. The number of hydrogen-bond acceptors (Lipinski definition) is 4. The van der Waals surface area contributed by atoms with Gasteiger partial charge >= 0.3 is 0 Å². The second-order valence-corrected chi connectivity index (χ2v) is 5.06. The summed E-state index contributed by atoms with van der Waals surface area (Å²) in [5.74, 6) is -0.246. The zero-order valence-corrected chi connectivity index (χ0v) is 10.1. The van der Waals surface area contributed by atoms with Crippen LogP contribution in [0.2, 0.25) is 0 Å². The van der Waals surface area contributed by atoms with Crippen molar-refractivity contribution in [3.05, 3.63) is 45.0 Å². The molecule has 1 aromatic carbocycles. The average molecular weight is 251 g/mol. The van der Waals surface area contributed by atoms with Gasteiger partial charge in [0.05, 0.1) is 0 Å². The van der Waals surface area contributed by atoms with E-state index in [0.29, 0.717) is 9.52 Å². The summed E-state index contributed by atoms with van der Waals surface area (Å²) in [5.41, 5.74) is 1.78. The van der Waals surface area contributed by atoms with Crippen LogP contribution in [0, 0.1) is 10.9 Å². The van der Waals surface area contributed by atoms with Gasteiger partial charge in [-0.3, -0.25) is 4.79 Å². The molecule has 0 radical (unpaired) electrons. The Morgan fingerprint density at radius 2 is 2.00 bits per heavy atom. The number of ketones is 1. The average Bonchev–Trinajstić information content (AvgIpc) is 2.58. The van der Waals surface area contributed by atoms with E-state index in [-0.39, 0.29) is 16.5 Å². The lowest BCUT2D eigenvalue weighted by Crippen LogP contribution is -2.01. The Hall–Kier alpha value is -1.46. The largest absolute Gasteiger partial charge is 0.498 e. The summed E-state index contributed by atoms with van der Waals surface area (Å²) in [6.45, 7) is 1.95. The fraction of sp³-hybridized carbons (Fsp3) is 0.0909. The molecule has 0 atom stereocenters. The van der Waals surface area contributed by atoms with E-state index in [2.05, 4.69) is 4.98 Å². The molecule has 1 heterocycles. The van der Waals surface area contributed by atoms with E-state index >= 15 is 0 Å². The van der Waals surface area contributed by atoms with E-state index in [4.69, 9.17) is 12.2 Å². The molecule has 0 spiro atoms. The van der Waals surface area contributed by atoms with Crippen LogP contribution in [0.25, 0.3) is 0 Å². The number of aromatic amines is 1. The van der Waals surface area contributed by atoms with Gasteiger partial charge in [-0.05, 0) is 19.1 Å². The first kappa shape index (κ1) is 11.0. The Kier molecular flexibility index (Phi) is 2.89. The van der Waals surface area contributed by atoms with Gasteiger partial charge in [0.15, 0.2) is 3.95 Å². The van der Waals surface area contributed by atoms with E-state index in [9.17, 15) is 9.90 Å². The van der Waals surface area contributed by atoms with Gasteiger partial charge in [0.25, 0.3) is 0 Å². The number of aryl methyl sites for hydroxylation is 1. The van der Waals surface area contributed by atoms with Crippen LogP contribution in [0.3, 0.4) is 0 Å². The van der Waals surface area contributed by atoms with Crippen molar-refractivity contribution >= 4 is 29.3 Å². The van der Waals surface area contributed by atoms with Crippen molar-refractivity contribution in [1.82, 2.24) is 4.98 Å². The fourth-order valence-electron chi connectivity index (χ4n) is 1.32. The molecule has 0 saturated carbocycles. The number of nitrogens with one attached hydrogen (secondary N) is 1. The van der Waals surface area contributed by atoms with Crippen LogP contribution in [0.15, 0.2) is 24.3 Å². The highest BCUT2D eigenvalue weighted by molar-refractivity contribution is 7.73. The van der Waals surface area contributed by atoms with Crippen LogP contribution in [-0.4, -0.2) is 15.9 Å². The number of aromatic nitrogens is 1. The van der Waals surface area contributed by atoms with E-state index in [1.54, 1.807) is 12.1 Å². The summed E-state index contributed by atoms with van der Waals surface area (Å²) in [5, 5.41) is 9.46. The van der Waals surface area contributed by atoms with Crippen molar-refractivity contribution in [2.45, 2.75) is 6.92 Å². The molecule has 5 heteroatoms. The second-order valence-electron chi connectivity index (χ2n) is 3.39. The summed E-state index contributed by atoms with van der Waals surface area (Å²) in [4.78, 5) is 14.7. The third kappa shape index (κ3) is 2.05. The highest BCUT2D eigenvalue weighted by atomic mass is 32.1. The molecular weight excluding hydrogens is 242 g/mol. The standard InChI is InChI=1S/C11H9NO2S2/c1-6-2-4-7(5-3-6)9(13)8-10(14)16-11(15)12-8/h2-5,14H,1H3,(H,12,15). The van der Waals surface area contributed by atoms with E-state index in [0.717, 1.165) is 16.9 Å². The van der Waals surface area contributed by atoms with Gasteiger partial charge in [0, 0.05) is 5.56 Å². The third-order valence-electron chi connectivity index (χ3n) is 2.17. The minimum Gasteiger partial charge on any atom is -0.498 e. The van der Waals surface area contributed by atoms with Gasteiger partial charge in [-0.25, -0.2) is 0 Å². The Balaban J connectivity index is 2.43. The van der Waals surface area contributed by atoms with Crippen LogP contribution in [-0.2, 0) is 0 Å². The number of hydrogen-bond donors (Lipinski definition) is 2. The quantitative estimate of drug-likeness (QED) is 0.637. The topological polar surface area (TPSA) is 53.1 Å². The summed E-state index contributed by atoms with van der Waals surface area (Å²) in [7, 11) is 0. The Morgan fingerprint density at radius 1 is 1.38 bits per heavy atom. The SMILES string of the molecule is Cc1ccc(C(=O)c2[nH]c(=S)sc2O)cc1. The summed E-state index contributed by atoms with van der Waals surface area (Å²) >= 11 is 5.85. The van der Waals surface area contributed by atoms with Gasteiger partial charge in [0.2, 0.25) is 10.8 Å². The van der Waals surface area contributed by atoms with Crippen molar-refractivity contribution in [3.63, 3.8) is 0 Å². The van der Waals surface area contributed by atoms with E-state index < -0.39 is 0 Å². The zero-order valence-electron chi connectivity index (χ0n) is 8.48. The number of H-pyrrole nitrogens is 1. The number of thiazole rings is 1. The molecule has 0 bridgehead atoms. The first-order valence-corrected chi connectivity index (χ1v) is 5.84. The highest BCUT2D eigenvalue weighted by Crippen LogP contribution is 2.25. The van der Waals surface area contributed by atoms with Gasteiger partial charge in [0.1, 0.15) is 5.69 Å². The first-order valence-electron chi connectivity index (χ1n) is 4.61. The normalized spacial score (nSPS) is 10.3. The number of carbonyl (C=O) groups excluding carboxylic acids is 1. The molecule has 0 aliphatic heterocycles. The molecule has 82 valence electrons. The van der Waals surface area contributed by atoms with Crippen LogP contribution in [0.4, 0.5) is 0 Å². The minimum atomic E-state index is -0.246. The van der Waals surface area contributed by atoms with Crippen molar-refractivity contribution in [2.75, 3.05) is 0 Å². The summed E-state index contributed by atoms with van der Waals surface area (Å²) in [6.07, 6.45) is 0. The predicted octanol–water partition coefficient (Wildman–Crippen LogP) is 3.05. The lowest BCUT2D eigenvalue weighted by Gasteiger charge is -1.99. The van der Waals surface area contributed by atoms with Crippen molar-refractivity contribution < 1.29 is 9.90 Å². The molecule has 0 amide bonds. The van der Waals surface area contributed by atoms with Crippen LogP contribution in [0.5, 0.6) is 5.06 Å². The number of rotatable bonds is 2. The Labute approximate surface area is 101 Å². The first-order chi connectivity index (χ1) is 7.58. The van der Waals surface area contributed by atoms with Gasteiger partial charge in [-0.15, -0.1) is 0 Å². The lowest BCUT2D eigenvalue weighted by molar-refractivity contribution is 0.103. The molecule has 2 N–H and O–H groups in total. The van der Waals surface area contributed by atoms with Gasteiger partial charge in [-0.1, -0.05) is 41.2 Å². The van der Waals surface area contributed by atoms with Crippen LogP contribution in [0.1, 0.15) is 21.6 Å². The number of aromatic hydroxyl groups is 1. The zero-order chi connectivity index (χ0) is 11.7. The molecule has 1 aromatic heterocycles. The molecular formula is C11H9NO2S2. The summed E-state index contributed by atoms with van der Waals surface area (Å²) < 4.78 is 0.396. The molecule has 0 aliphatic carbocycles. The maximum Gasteiger partial charge on any atom is 0.213 e. The fourth-order valence-corrected chi connectivity index (χ4v) is 2.24. The van der Waals surface area contributed by atoms with E-state index in [1.165, 1.54) is 0 Å². The van der Waals surface area contributed by atoms with Crippen LogP contribution < -0.4 is 0 Å². The molecule has 0 fully saturated rings. The number of carbonyl (C=O) groups is 1. The van der Waals surface area contributed by atoms with Crippen molar-refractivity contribution in [1.29, 1.82) is 0 Å².